The first-order chi connectivity index (χ1) is 11.7. The van der Waals surface area contributed by atoms with E-state index in [0.29, 0.717) is 17.9 Å². The van der Waals surface area contributed by atoms with Gasteiger partial charge in [0.2, 0.25) is 0 Å². The standard InChI is InChI=1S/C22H27NO/c1-15-4-6-16(7-5-15)20-14-18-10-13-21(23(18)2)22(20)17-8-11-19(24-3)12-9-17/h4-9,11-12,18,20-22H,10,13-14H2,1-3H3/t18-,20+,21+,22-/m0/s1. The maximum atomic E-state index is 5.35. The Labute approximate surface area is 145 Å². The van der Waals surface area contributed by atoms with Gasteiger partial charge in [0.1, 0.15) is 5.75 Å². The summed E-state index contributed by atoms with van der Waals surface area (Å²) < 4.78 is 5.35. The summed E-state index contributed by atoms with van der Waals surface area (Å²) >= 11 is 0. The van der Waals surface area contributed by atoms with Crippen LogP contribution in [0.2, 0.25) is 0 Å². The third-order valence-electron chi connectivity index (χ3n) is 6.27. The van der Waals surface area contributed by atoms with Gasteiger partial charge in [0.25, 0.3) is 0 Å². The van der Waals surface area contributed by atoms with E-state index in [1.807, 2.05) is 0 Å². The zero-order valence-electron chi connectivity index (χ0n) is 14.9. The minimum absolute atomic E-state index is 0.572. The highest BCUT2D eigenvalue weighted by atomic mass is 16.5. The van der Waals surface area contributed by atoms with Gasteiger partial charge in [-0.1, -0.05) is 42.0 Å². The highest BCUT2D eigenvalue weighted by Crippen LogP contribution is 2.50. The van der Waals surface area contributed by atoms with Crippen molar-refractivity contribution < 1.29 is 4.74 Å². The number of aryl methyl sites for hydroxylation is 1. The van der Waals surface area contributed by atoms with Crippen LogP contribution in [0.5, 0.6) is 5.75 Å². The van der Waals surface area contributed by atoms with Gasteiger partial charge in [-0.2, -0.15) is 0 Å². The van der Waals surface area contributed by atoms with Crippen molar-refractivity contribution in [3.05, 3.63) is 65.2 Å². The van der Waals surface area contributed by atoms with Gasteiger partial charge in [-0.3, -0.25) is 4.90 Å². The molecule has 2 aliphatic heterocycles. The Morgan fingerprint density at radius 2 is 1.58 bits per heavy atom. The van der Waals surface area contributed by atoms with Crippen LogP contribution in [0, 0.1) is 6.92 Å². The summed E-state index contributed by atoms with van der Waals surface area (Å²) in [4.78, 5) is 2.64. The molecule has 0 aromatic heterocycles. The molecule has 2 nitrogen and oxygen atoms in total. The molecule has 0 radical (unpaired) electrons. The van der Waals surface area contributed by atoms with Crippen molar-refractivity contribution >= 4 is 0 Å². The van der Waals surface area contributed by atoms with E-state index in [-0.39, 0.29) is 0 Å². The Morgan fingerprint density at radius 1 is 0.917 bits per heavy atom. The van der Waals surface area contributed by atoms with Crippen molar-refractivity contribution in [1.29, 1.82) is 0 Å². The van der Waals surface area contributed by atoms with Gasteiger partial charge in [-0.15, -0.1) is 0 Å². The molecule has 2 fully saturated rings. The molecule has 0 aliphatic carbocycles. The van der Waals surface area contributed by atoms with E-state index in [4.69, 9.17) is 4.74 Å². The fourth-order valence-electron chi connectivity index (χ4n) is 4.90. The average molecular weight is 321 g/mol. The van der Waals surface area contributed by atoms with Gasteiger partial charge in [0.05, 0.1) is 7.11 Å². The molecule has 2 heteroatoms. The summed E-state index contributed by atoms with van der Waals surface area (Å²) in [5.74, 6) is 2.13. The maximum Gasteiger partial charge on any atom is 0.118 e. The highest BCUT2D eigenvalue weighted by Gasteiger charge is 2.46. The summed E-state index contributed by atoms with van der Waals surface area (Å²) in [6.45, 7) is 2.17. The predicted molar refractivity (Wildman–Crippen MR) is 98.8 cm³/mol. The van der Waals surface area contributed by atoms with E-state index in [2.05, 4.69) is 67.4 Å². The minimum atomic E-state index is 0.572. The average Bonchev–Trinajstić information content (AvgIpc) is 2.85. The summed E-state index contributed by atoms with van der Waals surface area (Å²) in [7, 11) is 4.06. The van der Waals surface area contributed by atoms with Crippen molar-refractivity contribution in [2.75, 3.05) is 14.2 Å². The fraction of sp³-hybridized carbons (Fsp3) is 0.455. The highest BCUT2D eigenvalue weighted by molar-refractivity contribution is 5.36. The van der Waals surface area contributed by atoms with E-state index in [1.54, 1.807) is 7.11 Å². The largest absolute Gasteiger partial charge is 0.497 e. The molecule has 2 aliphatic rings. The van der Waals surface area contributed by atoms with Gasteiger partial charge in [-0.25, -0.2) is 0 Å². The minimum Gasteiger partial charge on any atom is -0.497 e. The molecule has 0 spiro atoms. The van der Waals surface area contributed by atoms with E-state index < -0.39 is 0 Å². The van der Waals surface area contributed by atoms with Gasteiger partial charge >= 0.3 is 0 Å². The summed E-state index contributed by atoms with van der Waals surface area (Å²) in [6.07, 6.45) is 3.93. The predicted octanol–water partition coefficient (Wildman–Crippen LogP) is 4.74. The normalized spacial score (nSPS) is 29.6. The van der Waals surface area contributed by atoms with Crippen LogP contribution in [-0.2, 0) is 0 Å². The molecule has 0 N–H and O–H groups in total. The monoisotopic (exact) mass is 321 g/mol. The molecule has 126 valence electrons. The van der Waals surface area contributed by atoms with Gasteiger partial charge in [0.15, 0.2) is 0 Å². The molecule has 0 unspecified atom stereocenters. The van der Waals surface area contributed by atoms with Crippen LogP contribution < -0.4 is 4.74 Å². The number of hydrogen-bond donors (Lipinski definition) is 0. The Bertz CT molecular complexity index is 691. The van der Waals surface area contributed by atoms with E-state index >= 15 is 0 Å². The Morgan fingerprint density at radius 3 is 2.25 bits per heavy atom. The number of hydrogen-bond acceptors (Lipinski definition) is 2. The lowest BCUT2D eigenvalue weighted by molar-refractivity contribution is 0.137. The van der Waals surface area contributed by atoms with Crippen LogP contribution in [0.1, 0.15) is 47.8 Å². The molecular formula is C22H27NO. The molecule has 24 heavy (non-hydrogen) atoms. The number of ether oxygens (including phenoxy) is 1. The molecule has 2 aromatic carbocycles. The molecule has 2 heterocycles. The van der Waals surface area contributed by atoms with Crippen LogP contribution in [0.25, 0.3) is 0 Å². The van der Waals surface area contributed by atoms with E-state index in [9.17, 15) is 0 Å². The van der Waals surface area contributed by atoms with E-state index in [0.717, 1.165) is 11.8 Å². The maximum absolute atomic E-state index is 5.35. The van der Waals surface area contributed by atoms with E-state index in [1.165, 1.54) is 36.0 Å². The van der Waals surface area contributed by atoms with Crippen LogP contribution in [-0.4, -0.2) is 31.1 Å². The van der Waals surface area contributed by atoms with Crippen molar-refractivity contribution in [2.24, 2.45) is 0 Å². The number of methoxy groups -OCH3 is 1. The lowest BCUT2D eigenvalue weighted by Crippen LogP contribution is -2.44. The van der Waals surface area contributed by atoms with Gasteiger partial charge < -0.3 is 4.74 Å². The third-order valence-corrected chi connectivity index (χ3v) is 6.27. The molecule has 2 bridgehead atoms. The van der Waals surface area contributed by atoms with Crippen LogP contribution in [0.4, 0.5) is 0 Å². The lowest BCUT2D eigenvalue weighted by atomic mass is 9.72. The fourth-order valence-corrected chi connectivity index (χ4v) is 4.90. The topological polar surface area (TPSA) is 12.5 Å². The lowest BCUT2D eigenvalue weighted by Gasteiger charge is -2.43. The zero-order valence-corrected chi connectivity index (χ0v) is 14.9. The van der Waals surface area contributed by atoms with Crippen LogP contribution >= 0.6 is 0 Å². The van der Waals surface area contributed by atoms with Crippen LogP contribution in [0.3, 0.4) is 0 Å². The Kier molecular flexibility index (Phi) is 4.09. The van der Waals surface area contributed by atoms with Crippen molar-refractivity contribution in [3.63, 3.8) is 0 Å². The van der Waals surface area contributed by atoms with Crippen LogP contribution in [0.15, 0.2) is 48.5 Å². The first-order valence-electron chi connectivity index (χ1n) is 9.10. The first-order valence-corrected chi connectivity index (χ1v) is 9.10. The SMILES string of the molecule is COc1ccc([C@H]2[C@@H](c3ccc(C)cc3)C[C@@H]3CC[C@H]2N3C)cc1. The van der Waals surface area contributed by atoms with Gasteiger partial charge in [0, 0.05) is 18.0 Å². The third kappa shape index (κ3) is 2.63. The molecule has 0 saturated carbocycles. The smallest absolute Gasteiger partial charge is 0.118 e. The second kappa shape index (κ2) is 6.25. The second-order valence-corrected chi connectivity index (χ2v) is 7.52. The summed E-state index contributed by atoms with van der Waals surface area (Å²) in [5, 5.41) is 0. The molecule has 4 atom stereocenters. The van der Waals surface area contributed by atoms with Crippen molar-refractivity contribution in [2.45, 2.75) is 50.1 Å². The number of nitrogens with zero attached hydrogens (tertiary/aromatic N) is 1. The number of benzene rings is 2. The number of rotatable bonds is 3. The summed E-state index contributed by atoms with van der Waals surface area (Å²) in [5.41, 5.74) is 4.31. The molecule has 2 aromatic rings. The first kappa shape index (κ1) is 15.7. The Balaban J connectivity index is 1.73. The number of piperidine rings is 1. The van der Waals surface area contributed by atoms with Gasteiger partial charge in [-0.05, 0) is 62.4 Å². The number of likely N-dealkylation sites (N-methyl/N-ethyl adjacent to an activating group) is 1. The zero-order chi connectivity index (χ0) is 16.7. The molecule has 4 rings (SSSR count). The molecule has 2 saturated heterocycles. The second-order valence-electron chi connectivity index (χ2n) is 7.52. The number of fused-ring (bicyclic) bond motifs is 2. The molecular weight excluding hydrogens is 294 g/mol. The Hall–Kier alpha value is -1.80. The molecule has 0 amide bonds. The van der Waals surface area contributed by atoms with Crippen molar-refractivity contribution in [1.82, 2.24) is 4.90 Å². The summed E-state index contributed by atoms with van der Waals surface area (Å²) in [6, 6.07) is 19.4. The van der Waals surface area contributed by atoms with Crippen molar-refractivity contribution in [3.8, 4) is 5.75 Å². The quantitative estimate of drug-likeness (QED) is 0.810.